The molecule has 4 nitrogen and oxygen atoms in total. The smallest absolute Gasteiger partial charge is 0.124 e. The first-order valence-electron chi connectivity index (χ1n) is 8.61. The van der Waals surface area contributed by atoms with Crippen LogP contribution in [0.15, 0.2) is 12.1 Å². The van der Waals surface area contributed by atoms with Crippen molar-refractivity contribution in [2.45, 2.75) is 53.7 Å². The number of ether oxygens (including phenoxy) is 2. The SMILES string of the molecule is CCOc1cc2c(cc1CN(CCO)CC(C)(C)C)OC(C)C2. The molecule has 0 spiro atoms. The molecule has 130 valence electrons. The van der Waals surface area contributed by atoms with Gasteiger partial charge in [-0.3, -0.25) is 4.90 Å². The highest BCUT2D eigenvalue weighted by Gasteiger charge is 2.23. The van der Waals surface area contributed by atoms with Crippen LogP contribution >= 0.6 is 0 Å². The number of rotatable bonds is 7. The van der Waals surface area contributed by atoms with E-state index >= 15 is 0 Å². The van der Waals surface area contributed by atoms with Gasteiger partial charge in [-0.25, -0.2) is 0 Å². The van der Waals surface area contributed by atoms with Crippen LogP contribution in [0.25, 0.3) is 0 Å². The zero-order chi connectivity index (χ0) is 17.0. The second-order valence-corrected chi connectivity index (χ2v) is 7.63. The minimum atomic E-state index is 0.165. The van der Waals surface area contributed by atoms with Crippen LogP contribution in [-0.2, 0) is 13.0 Å². The summed E-state index contributed by atoms with van der Waals surface area (Å²) >= 11 is 0. The van der Waals surface area contributed by atoms with Crippen molar-refractivity contribution in [3.05, 3.63) is 23.3 Å². The molecule has 1 unspecified atom stereocenters. The predicted octanol–water partition coefficient (Wildman–Crippen LogP) is 3.25. The minimum Gasteiger partial charge on any atom is -0.494 e. The molecule has 0 radical (unpaired) electrons. The van der Waals surface area contributed by atoms with E-state index in [1.54, 1.807) is 0 Å². The molecule has 0 saturated carbocycles. The Kier molecular flexibility index (Phi) is 5.93. The molecule has 4 heteroatoms. The van der Waals surface area contributed by atoms with Crippen molar-refractivity contribution in [1.82, 2.24) is 4.90 Å². The molecule has 0 fully saturated rings. The van der Waals surface area contributed by atoms with E-state index in [-0.39, 0.29) is 18.1 Å². The molecule has 0 saturated heterocycles. The van der Waals surface area contributed by atoms with Crippen molar-refractivity contribution in [1.29, 1.82) is 0 Å². The number of nitrogens with zero attached hydrogens (tertiary/aromatic N) is 1. The molecule has 1 aliphatic heterocycles. The van der Waals surface area contributed by atoms with Gasteiger partial charge in [-0.2, -0.15) is 0 Å². The Morgan fingerprint density at radius 3 is 2.70 bits per heavy atom. The highest BCUT2D eigenvalue weighted by atomic mass is 16.5. The maximum Gasteiger partial charge on any atom is 0.124 e. The Hall–Kier alpha value is -1.26. The van der Waals surface area contributed by atoms with Crippen molar-refractivity contribution in [3.8, 4) is 11.5 Å². The normalized spacial score (nSPS) is 17.3. The third kappa shape index (κ3) is 5.11. The van der Waals surface area contributed by atoms with Crippen molar-refractivity contribution >= 4 is 0 Å². The molecular weight excluding hydrogens is 290 g/mol. The van der Waals surface area contributed by atoms with Crippen LogP contribution < -0.4 is 9.47 Å². The lowest BCUT2D eigenvalue weighted by Gasteiger charge is -2.30. The average molecular weight is 321 g/mol. The lowest BCUT2D eigenvalue weighted by Crippen LogP contribution is -2.34. The van der Waals surface area contributed by atoms with E-state index in [1.165, 1.54) is 5.56 Å². The summed E-state index contributed by atoms with van der Waals surface area (Å²) in [4.78, 5) is 2.28. The maximum atomic E-state index is 9.38. The Morgan fingerprint density at radius 1 is 1.35 bits per heavy atom. The van der Waals surface area contributed by atoms with E-state index in [1.807, 2.05) is 6.92 Å². The lowest BCUT2D eigenvalue weighted by atomic mass is 9.95. The second-order valence-electron chi connectivity index (χ2n) is 7.63. The fraction of sp³-hybridized carbons (Fsp3) is 0.684. The molecule has 1 atom stereocenters. The zero-order valence-electron chi connectivity index (χ0n) is 15.2. The van der Waals surface area contributed by atoms with Crippen LogP contribution in [0.2, 0.25) is 0 Å². The number of fused-ring (bicyclic) bond motifs is 1. The van der Waals surface area contributed by atoms with Crippen LogP contribution in [0.3, 0.4) is 0 Å². The van der Waals surface area contributed by atoms with Crippen LogP contribution in [0, 0.1) is 5.41 Å². The van der Waals surface area contributed by atoms with E-state index < -0.39 is 0 Å². The first-order chi connectivity index (χ1) is 10.8. The summed E-state index contributed by atoms with van der Waals surface area (Å²) in [6.45, 7) is 13.9. The van der Waals surface area contributed by atoms with Gasteiger partial charge in [-0.05, 0) is 31.4 Å². The highest BCUT2D eigenvalue weighted by molar-refractivity contribution is 5.48. The Labute approximate surface area is 140 Å². The predicted molar refractivity (Wildman–Crippen MR) is 93.2 cm³/mol. The monoisotopic (exact) mass is 321 g/mol. The summed E-state index contributed by atoms with van der Waals surface area (Å²) < 4.78 is 11.8. The number of hydrogen-bond donors (Lipinski definition) is 1. The fourth-order valence-corrected chi connectivity index (χ4v) is 3.16. The summed E-state index contributed by atoms with van der Waals surface area (Å²) in [6, 6.07) is 4.25. The number of aliphatic hydroxyl groups excluding tert-OH is 1. The third-order valence-corrected chi connectivity index (χ3v) is 3.89. The van der Waals surface area contributed by atoms with Crippen molar-refractivity contribution in [2.24, 2.45) is 5.41 Å². The number of hydrogen-bond acceptors (Lipinski definition) is 4. The quantitative estimate of drug-likeness (QED) is 0.837. The summed E-state index contributed by atoms with van der Waals surface area (Å²) in [6.07, 6.45) is 1.18. The van der Waals surface area contributed by atoms with Crippen LogP contribution in [-0.4, -0.2) is 42.4 Å². The molecule has 1 heterocycles. The zero-order valence-corrected chi connectivity index (χ0v) is 15.2. The van der Waals surface area contributed by atoms with Gasteiger partial charge in [0.2, 0.25) is 0 Å². The third-order valence-electron chi connectivity index (χ3n) is 3.89. The second kappa shape index (κ2) is 7.54. The Balaban J connectivity index is 2.23. The van der Waals surface area contributed by atoms with Gasteiger partial charge in [0.25, 0.3) is 0 Å². The molecule has 23 heavy (non-hydrogen) atoms. The van der Waals surface area contributed by atoms with E-state index in [0.717, 1.165) is 36.6 Å². The molecule has 1 aromatic carbocycles. The fourth-order valence-electron chi connectivity index (χ4n) is 3.16. The molecule has 0 aliphatic carbocycles. The van der Waals surface area contributed by atoms with Gasteiger partial charge in [-0.15, -0.1) is 0 Å². The molecule has 1 aromatic rings. The number of benzene rings is 1. The van der Waals surface area contributed by atoms with Gasteiger partial charge in [-0.1, -0.05) is 20.8 Å². The van der Waals surface area contributed by atoms with Gasteiger partial charge in [0.05, 0.1) is 13.2 Å². The van der Waals surface area contributed by atoms with Crippen LogP contribution in [0.4, 0.5) is 0 Å². The van der Waals surface area contributed by atoms with E-state index in [0.29, 0.717) is 13.2 Å². The van der Waals surface area contributed by atoms with E-state index in [2.05, 4.69) is 44.7 Å². The summed E-state index contributed by atoms with van der Waals surface area (Å²) in [5.41, 5.74) is 2.55. The summed E-state index contributed by atoms with van der Waals surface area (Å²) in [5, 5.41) is 9.38. The molecule has 0 bridgehead atoms. The van der Waals surface area contributed by atoms with E-state index in [9.17, 15) is 5.11 Å². The molecular formula is C19H31NO3. The van der Waals surface area contributed by atoms with Gasteiger partial charge in [0.1, 0.15) is 17.6 Å². The van der Waals surface area contributed by atoms with Crippen molar-refractivity contribution in [2.75, 3.05) is 26.3 Å². The molecule has 1 aliphatic rings. The standard InChI is InChI=1S/C19H31NO3/c1-6-22-17-10-15-9-14(2)23-18(15)11-16(17)12-20(7-8-21)13-19(3,4)5/h10-11,14,21H,6-9,12-13H2,1-5H3. The summed E-state index contributed by atoms with van der Waals surface area (Å²) in [5.74, 6) is 1.93. The largest absolute Gasteiger partial charge is 0.494 e. The molecule has 1 N–H and O–H groups in total. The van der Waals surface area contributed by atoms with Crippen LogP contribution in [0.5, 0.6) is 11.5 Å². The van der Waals surface area contributed by atoms with E-state index in [4.69, 9.17) is 9.47 Å². The minimum absolute atomic E-state index is 0.165. The van der Waals surface area contributed by atoms with Crippen molar-refractivity contribution in [3.63, 3.8) is 0 Å². The Bertz CT molecular complexity index is 522. The molecule has 0 amide bonds. The molecule has 0 aromatic heterocycles. The first kappa shape index (κ1) is 18.1. The summed E-state index contributed by atoms with van der Waals surface area (Å²) in [7, 11) is 0. The topological polar surface area (TPSA) is 41.9 Å². The maximum absolute atomic E-state index is 9.38. The molecule has 2 rings (SSSR count). The number of aliphatic hydroxyl groups is 1. The first-order valence-corrected chi connectivity index (χ1v) is 8.61. The average Bonchev–Trinajstić information content (AvgIpc) is 2.77. The van der Waals surface area contributed by atoms with Crippen molar-refractivity contribution < 1.29 is 14.6 Å². The van der Waals surface area contributed by atoms with Gasteiger partial charge >= 0.3 is 0 Å². The van der Waals surface area contributed by atoms with Crippen LogP contribution in [0.1, 0.15) is 45.7 Å². The van der Waals surface area contributed by atoms with Gasteiger partial charge < -0.3 is 14.6 Å². The highest BCUT2D eigenvalue weighted by Crippen LogP contribution is 2.36. The Morgan fingerprint density at radius 2 is 2.09 bits per heavy atom. The lowest BCUT2D eigenvalue weighted by molar-refractivity contribution is 0.144. The van der Waals surface area contributed by atoms with Gasteiger partial charge in [0.15, 0.2) is 0 Å². The van der Waals surface area contributed by atoms with Gasteiger partial charge in [0, 0.05) is 37.2 Å².